The monoisotopic (exact) mass is 946 g/mol. The van der Waals surface area contributed by atoms with Crippen LogP contribution in [0.4, 0.5) is 11.4 Å². The highest BCUT2D eigenvalue weighted by Gasteiger charge is 2.34. The number of benzene rings is 2. The number of amidine groups is 1. The van der Waals surface area contributed by atoms with Gasteiger partial charge in [-0.3, -0.25) is 59.1 Å². The second-order valence-electron chi connectivity index (χ2n) is 13.1. The fraction of sp³-hybridized carbons (Fsp3) is 0.281. The smallest absolute Gasteiger partial charge is 0.317 e. The molecule has 0 radical (unpaired) electrons. The van der Waals surface area contributed by atoms with Crippen molar-refractivity contribution in [1.82, 2.24) is 37.2 Å². The third-order valence-electron chi connectivity index (χ3n) is 7.86. The van der Waals surface area contributed by atoms with Crippen LogP contribution in [0.2, 0.25) is 0 Å². The number of aliphatic imine (C=N–C) groups is 4. The molecule has 2 aromatic rings. The summed E-state index contributed by atoms with van der Waals surface area (Å²) >= 11 is 0. The Hall–Kier alpha value is -9.51. The zero-order chi connectivity index (χ0) is 50.9. The summed E-state index contributed by atoms with van der Waals surface area (Å²) in [5.41, 5.74) is 46.4. The number of hydrogen-bond donors (Lipinski definition) is 18. The van der Waals surface area contributed by atoms with Gasteiger partial charge in [0.2, 0.25) is 30.6 Å². The molecule has 27 N–H and O–H groups in total. The number of amides is 7. The summed E-state index contributed by atoms with van der Waals surface area (Å²) < 4.78 is 0. The van der Waals surface area contributed by atoms with Crippen LogP contribution in [0.3, 0.4) is 0 Å². The first-order chi connectivity index (χ1) is 31.2. The second kappa shape index (κ2) is 24.4. The molecule has 67 heavy (non-hydrogen) atoms. The van der Waals surface area contributed by atoms with E-state index in [1.165, 1.54) is 37.3 Å². The minimum atomic E-state index is -2.28. The van der Waals surface area contributed by atoms with Gasteiger partial charge in [-0.05, 0) is 12.5 Å². The number of aliphatic hydroxyl groups is 1. The van der Waals surface area contributed by atoms with Crippen molar-refractivity contribution in [2.24, 2.45) is 71.6 Å². The maximum Gasteiger partial charge on any atom is 0.317 e. The van der Waals surface area contributed by atoms with Crippen molar-refractivity contribution in [2.45, 2.75) is 56.6 Å². The average molecular weight is 947 g/mol. The number of nitro groups is 2. The lowest BCUT2D eigenvalue weighted by atomic mass is 10.1. The van der Waals surface area contributed by atoms with Gasteiger partial charge in [-0.2, -0.15) is 0 Å². The molecule has 0 aliphatic rings. The number of carbonyl (C=O) groups excluding carboxylic acids is 7. The Kier molecular flexibility index (Phi) is 19.5. The molecular formula is C32H46N22O13. The quantitative estimate of drug-likeness (QED) is 0.0162. The van der Waals surface area contributed by atoms with Crippen LogP contribution in [0.25, 0.3) is 0 Å². The number of carbonyl (C=O) groups is 7. The minimum Gasteiger partial charge on any atom is -0.502 e. The number of phenolic OH excluding ortho intramolecular Hbond substituents is 1. The van der Waals surface area contributed by atoms with E-state index < -0.39 is 141 Å². The van der Waals surface area contributed by atoms with Gasteiger partial charge < -0.3 is 93.7 Å². The van der Waals surface area contributed by atoms with Crippen LogP contribution in [0, 0.1) is 20.2 Å². The number of non-ortho nitro benzene ring substituents is 1. The Labute approximate surface area is 374 Å². The maximum atomic E-state index is 13.8. The fourth-order valence-corrected chi connectivity index (χ4v) is 4.95. The third kappa shape index (κ3) is 16.9. The molecule has 35 heteroatoms. The van der Waals surface area contributed by atoms with Gasteiger partial charge in [0.1, 0.15) is 6.04 Å². The number of primary amides is 1. The van der Waals surface area contributed by atoms with Crippen LogP contribution in [-0.4, -0.2) is 122 Å². The number of guanidine groups is 3. The Balaban J connectivity index is 2.41. The number of nitro benzene ring substituents is 2. The SMILES string of the molecule is CC(N)=NC(NC(=O)C(N=C(N)N)NC(=O)C(N=C(N)N)NC(=O)C(NC(=O)C(O)NCc1cc([N+](=O)[O-])cc([N+](=O)[O-])c1O)c1ccccc1)C(=O)NC(N=C(N)N)C(=O)NC(N)C(N)=O. The van der Waals surface area contributed by atoms with Crippen LogP contribution in [-0.2, 0) is 40.1 Å². The van der Waals surface area contributed by atoms with Gasteiger partial charge in [0.15, 0.2) is 36.0 Å². The van der Waals surface area contributed by atoms with Crippen molar-refractivity contribution in [1.29, 1.82) is 0 Å². The Morgan fingerprint density at radius 2 is 1.06 bits per heavy atom. The maximum absolute atomic E-state index is 13.8. The van der Waals surface area contributed by atoms with Gasteiger partial charge in [0.25, 0.3) is 41.1 Å². The first kappa shape index (κ1) is 53.6. The standard InChI is InChI=1S/C32H46N22O13/c1-10(33)43-19(25(59)48-20(50-30(36)37)24(58)45-17(34)18(35)56)47-27(61)22(52-32(40)41)49-26(60)21(51-31(38)39)46-23(57)15(11-5-3-2-4-6-11)44-29(63)28(62)42-9-12-7-13(53(64)65)8-14(16(12)55)54(66)67/h2-8,15,17,19-22,28,42,55,62H,9,34H2,1H3,(H2,33,43)(H2,35,56)(H,44,63)(H,45,58)(H,46,57)(H,47,61)(H,48,59)(H,49,60)(H4,36,37,50)(H4,38,39,51)(H4,40,41,52). The van der Waals surface area contributed by atoms with E-state index in [2.05, 4.69) is 35.9 Å². The van der Waals surface area contributed by atoms with Crippen molar-refractivity contribution in [3.8, 4) is 5.75 Å². The van der Waals surface area contributed by atoms with Crippen molar-refractivity contribution in [2.75, 3.05) is 0 Å². The molecule has 7 unspecified atom stereocenters. The van der Waals surface area contributed by atoms with E-state index >= 15 is 0 Å². The number of rotatable bonds is 23. The second-order valence-corrected chi connectivity index (χ2v) is 13.1. The van der Waals surface area contributed by atoms with E-state index in [-0.39, 0.29) is 11.4 Å². The van der Waals surface area contributed by atoms with Crippen molar-refractivity contribution < 1.29 is 53.6 Å². The molecule has 0 aliphatic heterocycles. The third-order valence-corrected chi connectivity index (χ3v) is 7.86. The van der Waals surface area contributed by atoms with E-state index in [4.69, 9.17) is 51.6 Å². The summed E-state index contributed by atoms with van der Waals surface area (Å²) in [6.45, 7) is 0.399. The lowest BCUT2D eigenvalue weighted by Crippen LogP contribution is -2.60. The van der Waals surface area contributed by atoms with Gasteiger partial charge >= 0.3 is 5.69 Å². The van der Waals surface area contributed by atoms with Crippen LogP contribution < -0.4 is 88.8 Å². The van der Waals surface area contributed by atoms with Gasteiger partial charge in [-0.1, -0.05) is 30.3 Å². The molecule has 0 aromatic heterocycles. The highest BCUT2D eigenvalue weighted by Crippen LogP contribution is 2.34. The normalized spacial score (nSPS) is 14.0. The van der Waals surface area contributed by atoms with Crippen molar-refractivity contribution in [3.05, 3.63) is 73.8 Å². The molecule has 0 fully saturated rings. The molecule has 0 saturated heterocycles. The summed E-state index contributed by atoms with van der Waals surface area (Å²) in [7, 11) is 0. The molecule has 0 bridgehead atoms. The number of hydrogen-bond acceptors (Lipinski definition) is 19. The molecule has 2 aromatic carbocycles. The topological polar surface area (TPSA) is 614 Å². The van der Waals surface area contributed by atoms with E-state index in [9.17, 15) is 64.0 Å². The Morgan fingerprint density at radius 1 is 0.627 bits per heavy atom. The van der Waals surface area contributed by atoms with Crippen LogP contribution in [0.5, 0.6) is 5.75 Å². The number of phenols is 1. The predicted molar refractivity (Wildman–Crippen MR) is 229 cm³/mol. The summed E-state index contributed by atoms with van der Waals surface area (Å²) in [5, 5.41) is 58.0. The molecule has 0 aliphatic carbocycles. The van der Waals surface area contributed by atoms with Gasteiger partial charge in [-0.15, -0.1) is 0 Å². The number of nitrogens with zero attached hydrogens (tertiary/aromatic N) is 6. The largest absolute Gasteiger partial charge is 0.502 e. The summed E-state index contributed by atoms with van der Waals surface area (Å²) in [5.74, 6) is -13.2. The molecule has 362 valence electrons. The highest BCUT2D eigenvalue weighted by atomic mass is 16.6. The molecule has 2 rings (SSSR count). The van der Waals surface area contributed by atoms with Crippen LogP contribution >= 0.6 is 0 Å². The predicted octanol–water partition coefficient (Wildman–Crippen LogP) is -9.67. The first-order valence-corrected chi connectivity index (χ1v) is 18.3. The number of aliphatic hydroxyl groups excluding tert-OH is 1. The Morgan fingerprint density at radius 3 is 1.46 bits per heavy atom. The zero-order valence-electron chi connectivity index (χ0n) is 34.6. The molecule has 7 atom stereocenters. The number of nitrogens with one attached hydrogen (secondary N) is 7. The lowest BCUT2D eigenvalue weighted by Gasteiger charge is -2.24. The minimum absolute atomic E-state index is 0.00413. The zero-order valence-corrected chi connectivity index (χ0v) is 34.6. The van der Waals surface area contributed by atoms with Crippen LogP contribution in [0.15, 0.2) is 62.4 Å². The van der Waals surface area contributed by atoms with Crippen LogP contribution in [0.1, 0.15) is 24.1 Å². The summed E-state index contributed by atoms with van der Waals surface area (Å²) in [4.78, 5) is 127. The molecule has 0 saturated carbocycles. The number of aromatic hydroxyl groups is 1. The van der Waals surface area contributed by atoms with E-state index in [0.717, 1.165) is 6.07 Å². The van der Waals surface area contributed by atoms with Crippen molar-refractivity contribution in [3.63, 3.8) is 0 Å². The fourth-order valence-electron chi connectivity index (χ4n) is 4.95. The lowest BCUT2D eigenvalue weighted by molar-refractivity contribution is -0.394. The van der Waals surface area contributed by atoms with Crippen molar-refractivity contribution >= 4 is 76.4 Å². The molecule has 0 heterocycles. The first-order valence-electron chi connectivity index (χ1n) is 18.3. The molecule has 0 spiro atoms. The average Bonchev–Trinajstić information content (AvgIpc) is 3.23. The molecular weight excluding hydrogens is 900 g/mol. The summed E-state index contributed by atoms with van der Waals surface area (Å²) in [6, 6.07) is 6.41. The van der Waals surface area contributed by atoms with E-state index in [0.29, 0.717) is 6.07 Å². The highest BCUT2D eigenvalue weighted by molar-refractivity contribution is 5.99. The Bertz CT molecular complexity index is 2350. The molecule has 35 nitrogen and oxygen atoms in total. The van der Waals surface area contributed by atoms with Gasteiger partial charge in [-0.25, -0.2) is 20.0 Å². The van der Waals surface area contributed by atoms with E-state index in [1.54, 1.807) is 0 Å². The summed E-state index contributed by atoms with van der Waals surface area (Å²) in [6.07, 6.45) is -12.6. The van der Waals surface area contributed by atoms with Gasteiger partial charge in [0, 0.05) is 18.2 Å². The molecule has 7 amide bonds. The number of nitrogens with two attached hydrogens (primary N) is 9. The van der Waals surface area contributed by atoms with Gasteiger partial charge in [0.05, 0.1) is 21.7 Å². The van der Waals surface area contributed by atoms with E-state index in [1.807, 2.05) is 21.3 Å².